The van der Waals surface area contributed by atoms with Gasteiger partial charge in [0.25, 0.3) is 5.56 Å². The van der Waals surface area contributed by atoms with Gasteiger partial charge >= 0.3 is 0 Å². The monoisotopic (exact) mass is 440 g/mol. The normalized spacial score (nSPS) is 14.9. The molecule has 0 bridgehead atoms. The number of aromatic nitrogens is 3. The lowest BCUT2D eigenvalue weighted by Gasteiger charge is -2.29. The number of thiazole rings is 1. The van der Waals surface area contributed by atoms with E-state index < -0.39 is 0 Å². The summed E-state index contributed by atoms with van der Waals surface area (Å²) in [5.41, 5.74) is 3.26. The molecule has 31 heavy (non-hydrogen) atoms. The molecule has 0 aromatic carbocycles. The Kier molecular flexibility index (Phi) is 6.80. The van der Waals surface area contributed by atoms with Crippen LogP contribution in [0.25, 0.3) is 11.7 Å². The summed E-state index contributed by atoms with van der Waals surface area (Å²) in [6.45, 7) is 6.77. The number of fused-ring (bicyclic) bond motifs is 1. The number of aliphatic hydroxyl groups excluding tert-OH is 1. The minimum Gasteiger partial charge on any atom is -0.392 e. The molecule has 0 unspecified atom stereocenters. The van der Waals surface area contributed by atoms with Gasteiger partial charge in [0.15, 0.2) is 0 Å². The number of morpholine rings is 1. The van der Waals surface area contributed by atoms with Gasteiger partial charge in [-0.15, -0.1) is 11.3 Å². The average molecular weight is 441 g/mol. The molecule has 0 amide bonds. The van der Waals surface area contributed by atoms with Crippen molar-refractivity contribution in [3.05, 3.63) is 62.0 Å². The van der Waals surface area contributed by atoms with Crippen molar-refractivity contribution in [3.63, 3.8) is 0 Å². The second-order valence-electron chi connectivity index (χ2n) is 7.92. The highest BCUT2D eigenvalue weighted by atomic mass is 32.1. The SMILES string of the molecule is CC(C)c1csc(CCc2ccn3c(=O)c(C=CCO)c(N4CCOCC4)nc3c2)n1. The largest absolute Gasteiger partial charge is 0.392 e. The molecule has 4 heterocycles. The fourth-order valence-corrected chi connectivity index (χ4v) is 4.59. The first-order valence-corrected chi connectivity index (χ1v) is 11.5. The minimum atomic E-state index is -0.135. The van der Waals surface area contributed by atoms with Crippen molar-refractivity contribution in [2.24, 2.45) is 0 Å². The summed E-state index contributed by atoms with van der Waals surface area (Å²) >= 11 is 1.71. The Labute approximate surface area is 185 Å². The van der Waals surface area contributed by atoms with E-state index in [4.69, 9.17) is 14.7 Å². The lowest BCUT2D eigenvalue weighted by molar-refractivity contribution is 0.122. The molecule has 4 rings (SSSR count). The second kappa shape index (κ2) is 9.72. The summed E-state index contributed by atoms with van der Waals surface area (Å²) in [5.74, 6) is 1.09. The smallest absolute Gasteiger partial charge is 0.267 e. The molecule has 1 N–H and O–H groups in total. The Bertz CT molecular complexity index is 1130. The van der Waals surface area contributed by atoms with Crippen molar-refractivity contribution in [2.75, 3.05) is 37.8 Å². The van der Waals surface area contributed by atoms with Crippen molar-refractivity contribution in [3.8, 4) is 0 Å². The fraction of sp³-hybridized carbons (Fsp3) is 0.435. The standard InChI is InChI=1S/C23H28N4O3S/c1-16(2)19-15-31-21(24-19)6-5-17-7-8-27-20(14-17)25-22(26-9-12-30-13-10-26)18(23(27)29)4-3-11-28/h3-4,7-8,14-16,28H,5-6,9-13H2,1-2H3. The van der Waals surface area contributed by atoms with Crippen LogP contribution in [0.15, 0.2) is 34.6 Å². The zero-order valence-electron chi connectivity index (χ0n) is 18.0. The number of nitrogens with zero attached hydrogens (tertiary/aromatic N) is 4. The van der Waals surface area contributed by atoms with E-state index in [0.29, 0.717) is 49.2 Å². The average Bonchev–Trinajstić information content (AvgIpc) is 3.27. The van der Waals surface area contributed by atoms with Gasteiger partial charge < -0.3 is 14.7 Å². The summed E-state index contributed by atoms with van der Waals surface area (Å²) < 4.78 is 7.03. The van der Waals surface area contributed by atoms with E-state index >= 15 is 0 Å². The van der Waals surface area contributed by atoms with Crippen LogP contribution in [0.3, 0.4) is 0 Å². The number of aliphatic hydroxyl groups is 1. The Hall–Kier alpha value is -2.55. The lowest BCUT2D eigenvalue weighted by Crippen LogP contribution is -2.38. The Balaban J connectivity index is 1.65. The van der Waals surface area contributed by atoms with Crippen LogP contribution < -0.4 is 10.5 Å². The third kappa shape index (κ3) is 4.87. The van der Waals surface area contributed by atoms with Gasteiger partial charge in [-0.2, -0.15) is 0 Å². The van der Waals surface area contributed by atoms with Gasteiger partial charge in [0.2, 0.25) is 0 Å². The molecule has 3 aromatic heterocycles. The van der Waals surface area contributed by atoms with Crippen LogP contribution in [0.4, 0.5) is 5.82 Å². The summed E-state index contributed by atoms with van der Waals surface area (Å²) in [7, 11) is 0. The fourth-order valence-electron chi connectivity index (χ4n) is 3.63. The highest BCUT2D eigenvalue weighted by Gasteiger charge is 2.19. The maximum atomic E-state index is 13.2. The molecule has 8 heteroatoms. The Morgan fingerprint density at radius 1 is 1.26 bits per heavy atom. The van der Waals surface area contributed by atoms with Crippen molar-refractivity contribution >= 4 is 28.9 Å². The van der Waals surface area contributed by atoms with Gasteiger partial charge in [-0.05, 0) is 36.1 Å². The maximum absolute atomic E-state index is 13.2. The van der Waals surface area contributed by atoms with Crippen LogP contribution in [0.1, 0.15) is 41.6 Å². The van der Waals surface area contributed by atoms with Crippen LogP contribution in [0, 0.1) is 0 Å². The summed E-state index contributed by atoms with van der Waals surface area (Å²) in [5, 5.41) is 12.5. The first-order chi connectivity index (χ1) is 15.1. The van der Waals surface area contributed by atoms with E-state index in [2.05, 4.69) is 24.1 Å². The topological polar surface area (TPSA) is 80.0 Å². The van der Waals surface area contributed by atoms with Gasteiger partial charge in [0.05, 0.1) is 36.1 Å². The van der Waals surface area contributed by atoms with E-state index in [-0.39, 0.29) is 12.2 Å². The highest BCUT2D eigenvalue weighted by Crippen LogP contribution is 2.21. The third-order valence-electron chi connectivity index (χ3n) is 5.40. The molecule has 3 aromatic rings. The van der Waals surface area contributed by atoms with Crippen LogP contribution in [-0.2, 0) is 17.6 Å². The lowest BCUT2D eigenvalue weighted by atomic mass is 10.1. The number of hydrogen-bond donors (Lipinski definition) is 1. The molecule has 0 saturated carbocycles. The zero-order chi connectivity index (χ0) is 21.8. The summed E-state index contributed by atoms with van der Waals surface area (Å²) in [6, 6.07) is 3.96. The van der Waals surface area contributed by atoms with Gasteiger partial charge in [-0.25, -0.2) is 9.97 Å². The number of anilines is 1. The number of aryl methyl sites for hydroxylation is 2. The van der Waals surface area contributed by atoms with Crippen molar-refractivity contribution in [2.45, 2.75) is 32.6 Å². The number of hydrogen-bond acceptors (Lipinski definition) is 7. The summed E-state index contributed by atoms with van der Waals surface area (Å²) in [4.78, 5) is 24.8. The predicted molar refractivity (Wildman–Crippen MR) is 124 cm³/mol. The van der Waals surface area contributed by atoms with E-state index in [9.17, 15) is 9.90 Å². The molecular weight excluding hydrogens is 412 g/mol. The van der Waals surface area contributed by atoms with Crippen LogP contribution in [0.2, 0.25) is 0 Å². The predicted octanol–water partition coefficient (Wildman–Crippen LogP) is 2.90. The molecule has 0 spiro atoms. The second-order valence-corrected chi connectivity index (χ2v) is 8.87. The molecule has 0 radical (unpaired) electrons. The molecule has 0 atom stereocenters. The molecular formula is C23H28N4O3S. The minimum absolute atomic E-state index is 0.126. The summed E-state index contributed by atoms with van der Waals surface area (Å²) in [6.07, 6.45) is 6.74. The number of pyridine rings is 1. The van der Waals surface area contributed by atoms with Crippen molar-refractivity contribution in [1.82, 2.24) is 14.4 Å². The molecule has 1 aliphatic rings. The number of ether oxygens (including phenoxy) is 1. The molecule has 0 aliphatic carbocycles. The van der Waals surface area contributed by atoms with Gasteiger partial charge in [-0.1, -0.05) is 19.9 Å². The van der Waals surface area contributed by atoms with Crippen LogP contribution in [0.5, 0.6) is 0 Å². The first-order valence-electron chi connectivity index (χ1n) is 10.7. The van der Waals surface area contributed by atoms with E-state index in [0.717, 1.165) is 29.1 Å². The van der Waals surface area contributed by atoms with Crippen LogP contribution in [-0.4, -0.2) is 52.4 Å². The van der Waals surface area contributed by atoms with Gasteiger partial charge in [-0.3, -0.25) is 9.20 Å². The highest BCUT2D eigenvalue weighted by molar-refractivity contribution is 7.09. The number of rotatable bonds is 7. The Morgan fingerprint density at radius 2 is 2.06 bits per heavy atom. The molecule has 7 nitrogen and oxygen atoms in total. The van der Waals surface area contributed by atoms with Crippen LogP contribution >= 0.6 is 11.3 Å². The van der Waals surface area contributed by atoms with E-state index in [1.165, 1.54) is 0 Å². The first kappa shape index (κ1) is 21.7. The molecule has 164 valence electrons. The molecule has 1 saturated heterocycles. The maximum Gasteiger partial charge on any atom is 0.267 e. The Morgan fingerprint density at radius 3 is 2.77 bits per heavy atom. The molecule has 1 aliphatic heterocycles. The van der Waals surface area contributed by atoms with E-state index in [1.54, 1.807) is 34.1 Å². The molecule has 1 fully saturated rings. The van der Waals surface area contributed by atoms with Crippen molar-refractivity contribution in [1.29, 1.82) is 0 Å². The quantitative estimate of drug-likeness (QED) is 0.609. The van der Waals surface area contributed by atoms with E-state index in [1.807, 2.05) is 12.1 Å². The van der Waals surface area contributed by atoms with Crippen molar-refractivity contribution < 1.29 is 9.84 Å². The van der Waals surface area contributed by atoms with Gasteiger partial charge in [0.1, 0.15) is 11.5 Å². The zero-order valence-corrected chi connectivity index (χ0v) is 18.8. The van der Waals surface area contributed by atoms with Gasteiger partial charge in [0, 0.05) is 31.1 Å². The third-order valence-corrected chi connectivity index (χ3v) is 6.33.